The minimum absolute atomic E-state index is 0. The van der Waals surface area contributed by atoms with Gasteiger partial charge in [-0.2, -0.15) is 0 Å². The number of aryl methyl sites for hydroxylation is 1. The van der Waals surface area contributed by atoms with Crippen LogP contribution in [0, 0.1) is 6.92 Å². The molecule has 5 nitrogen and oxygen atoms in total. The van der Waals surface area contributed by atoms with Gasteiger partial charge >= 0.3 is 0 Å². The third kappa shape index (κ3) is 7.09. The first-order valence-corrected chi connectivity index (χ1v) is 7.12. The molecular weight excluding hydrogens is 387 g/mol. The molecule has 1 heterocycles. The monoisotopic (exact) mass is 410 g/mol. The molecule has 0 unspecified atom stereocenters. The van der Waals surface area contributed by atoms with Gasteiger partial charge < -0.3 is 15.5 Å². The number of likely N-dealkylation sites (N-methyl/N-ethyl adjacent to an activating group) is 1. The van der Waals surface area contributed by atoms with Crippen LogP contribution in [-0.4, -0.2) is 44.0 Å². The zero-order chi connectivity index (χ0) is 14.3. The highest BCUT2D eigenvalue weighted by Gasteiger charge is 2.04. The van der Waals surface area contributed by atoms with Gasteiger partial charge in [-0.25, -0.2) is 4.99 Å². The van der Waals surface area contributed by atoms with Crippen LogP contribution in [0.1, 0.15) is 16.7 Å². The highest BCUT2D eigenvalue weighted by Crippen LogP contribution is 2.14. The predicted molar refractivity (Wildman–Crippen MR) is 96.0 cm³/mol. The Morgan fingerprint density at radius 1 is 1.35 bits per heavy atom. The molecule has 2 N–H and O–H groups in total. The molecule has 0 aliphatic carbocycles. The lowest BCUT2D eigenvalue weighted by Gasteiger charge is -2.12. The van der Waals surface area contributed by atoms with Gasteiger partial charge in [0.2, 0.25) is 5.91 Å². The number of rotatable bonds is 5. The van der Waals surface area contributed by atoms with E-state index >= 15 is 0 Å². The third-order valence-corrected chi connectivity index (χ3v) is 3.44. The number of nitrogens with zero attached hydrogens (tertiary/aromatic N) is 2. The van der Waals surface area contributed by atoms with Crippen LogP contribution in [0.5, 0.6) is 0 Å². The maximum Gasteiger partial charge on any atom is 0.243 e. The number of thiophene rings is 1. The zero-order valence-electron chi connectivity index (χ0n) is 12.4. The number of hydrogen-bond donors (Lipinski definition) is 2. The molecule has 0 radical (unpaired) electrons. The number of amides is 1. The average molecular weight is 410 g/mol. The molecule has 0 aliphatic rings. The lowest BCUT2D eigenvalue weighted by molar-refractivity contribution is -0.127. The lowest BCUT2D eigenvalue weighted by atomic mass is 10.4. The Bertz CT molecular complexity index is 445. The number of nitrogens with one attached hydrogen (secondary N) is 2. The molecule has 7 heteroatoms. The van der Waals surface area contributed by atoms with Crippen LogP contribution in [0.2, 0.25) is 0 Å². The van der Waals surface area contributed by atoms with E-state index in [-0.39, 0.29) is 36.4 Å². The Kier molecular flexibility index (Phi) is 9.56. The van der Waals surface area contributed by atoms with E-state index < -0.39 is 0 Å². The van der Waals surface area contributed by atoms with Crippen molar-refractivity contribution in [2.75, 3.05) is 27.2 Å². The summed E-state index contributed by atoms with van der Waals surface area (Å²) in [6.45, 7) is 5.74. The number of guanidine groups is 1. The Morgan fingerprint density at radius 2 is 2.05 bits per heavy atom. The maximum atomic E-state index is 11.5. The molecule has 0 bridgehead atoms. The standard InChI is InChI=1S/C13H22N4OS.HI/c1-5-14-13(16-9-12(18)17(3)4)15-8-11-7-6-10(2)19-11;/h6-7H,5,8-9H2,1-4H3,(H2,14,15,16);1H. The average Bonchev–Trinajstić information content (AvgIpc) is 2.78. The number of aliphatic imine (C=N–C) groups is 1. The Hall–Kier alpha value is -0.830. The van der Waals surface area contributed by atoms with Crippen LogP contribution in [-0.2, 0) is 11.3 Å². The van der Waals surface area contributed by atoms with Crippen molar-refractivity contribution in [1.82, 2.24) is 15.5 Å². The third-order valence-electron chi connectivity index (χ3n) is 2.44. The largest absolute Gasteiger partial charge is 0.357 e. The fraction of sp³-hybridized carbons (Fsp3) is 0.538. The minimum atomic E-state index is -0.0100. The van der Waals surface area contributed by atoms with Crippen molar-refractivity contribution in [2.45, 2.75) is 20.4 Å². The highest BCUT2D eigenvalue weighted by molar-refractivity contribution is 14.0. The first kappa shape index (κ1) is 19.2. The molecule has 1 rings (SSSR count). The number of carbonyl (C=O) groups excluding carboxylic acids is 1. The Balaban J connectivity index is 0.00000361. The predicted octanol–water partition coefficient (Wildman–Crippen LogP) is 1.82. The van der Waals surface area contributed by atoms with Crippen molar-refractivity contribution in [3.05, 3.63) is 21.9 Å². The topological polar surface area (TPSA) is 56.7 Å². The summed E-state index contributed by atoms with van der Waals surface area (Å²) in [5, 5.41) is 6.35. The highest BCUT2D eigenvalue weighted by atomic mass is 127. The van der Waals surface area contributed by atoms with Crippen LogP contribution in [0.3, 0.4) is 0 Å². The number of carbonyl (C=O) groups is 1. The second-order valence-corrected chi connectivity index (χ2v) is 5.72. The molecule has 20 heavy (non-hydrogen) atoms. The summed E-state index contributed by atoms with van der Waals surface area (Å²) in [7, 11) is 3.46. The molecule has 0 spiro atoms. The molecular formula is C13H23IN4OS. The van der Waals surface area contributed by atoms with Crippen molar-refractivity contribution in [3.63, 3.8) is 0 Å². The second kappa shape index (κ2) is 9.98. The second-order valence-electron chi connectivity index (χ2n) is 4.35. The van der Waals surface area contributed by atoms with Gasteiger partial charge in [0.25, 0.3) is 0 Å². The summed E-state index contributed by atoms with van der Waals surface area (Å²) in [6.07, 6.45) is 0. The fourth-order valence-corrected chi connectivity index (χ4v) is 2.21. The van der Waals surface area contributed by atoms with Gasteiger partial charge in [0, 0.05) is 30.4 Å². The summed E-state index contributed by atoms with van der Waals surface area (Å²) < 4.78 is 0. The van der Waals surface area contributed by atoms with E-state index in [1.165, 1.54) is 14.7 Å². The van der Waals surface area contributed by atoms with Crippen LogP contribution >= 0.6 is 35.3 Å². The molecule has 1 amide bonds. The normalized spacial score (nSPS) is 10.7. The van der Waals surface area contributed by atoms with Crippen molar-refractivity contribution in [2.24, 2.45) is 4.99 Å². The molecule has 1 aromatic heterocycles. The first-order chi connectivity index (χ1) is 9.02. The van der Waals surface area contributed by atoms with Gasteiger partial charge in [-0.15, -0.1) is 35.3 Å². The Morgan fingerprint density at radius 3 is 2.55 bits per heavy atom. The molecule has 0 atom stereocenters. The van der Waals surface area contributed by atoms with E-state index in [2.05, 4.69) is 34.7 Å². The van der Waals surface area contributed by atoms with Gasteiger partial charge in [0.15, 0.2) is 5.96 Å². The molecule has 0 fully saturated rings. The van der Waals surface area contributed by atoms with Crippen LogP contribution in [0.15, 0.2) is 17.1 Å². The van der Waals surface area contributed by atoms with Crippen molar-refractivity contribution >= 4 is 47.2 Å². The lowest BCUT2D eigenvalue weighted by Crippen LogP contribution is -2.37. The molecule has 0 saturated carbocycles. The first-order valence-electron chi connectivity index (χ1n) is 6.30. The van der Waals surface area contributed by atoms with E-state index in [9.17, 15) is 4.79 Å². The van der Waals surface area contributed by atoms with E-state index in [0.29, 0.717) is 5.96 Å². The quantitative estimate of drug-likeness (QED) is 0.443. The smallest absolute Gasteiger partial charge is 0.243 e. The van der Waals surface area contributed by atoms with Crippen molar-refractivity contribution in [3.8, 4) is 0 Å². The SMILES string of the molecule is CCNC(=NCC(=O)N(C)C)NCc1ccc(C)s1.I. The van der Waals surface area contributed by atoms with E-state index in [0.717, 1.165) is 13.1 Å². The van der Waals surface area contributed by atoms with Crippen LogP contribution < -0.4 is 10.6 Å². The van der Waals surface area contributed by atoms with Crippen LogP contribution in [0.4, 0.5) is 0 Å². The molecule has 0 aromatic carbocycles. The summed E-state index contributed by atoms with van der Waals surface area (Å²) >= 11 is 1.76. The van der Waals surface area contributed by atoms with E-state index in [4.69, 9.17) is 0 Å². The van der Waals surface area contributed by atoms with E-state index in [1.54, 1.807) is 25.4 Å². The van der Waals surface area contributed by atoms with Crippen LogP contribution in [0.25, 0.3) is 0 Å². The molecule has 1 aromatic rings. The molecule has 0 saturated heterocycles. The number of halogens is 1. The fourth-order valence-electron chi connectivity index (χ4n) is 1.38. The van der Waals surface area contributed by atoms with Crippen molar-refractivity contribution < 1.29 is 4.79 Å². The molecule has 114 valence electrons. The molecule has 0 aliphatic heterocycles. The van der Waals surface area contributed by atoms with Gasteiger partial charge in [-0.3, -0.25) is 4.79 Å². The van der Waals surface area contributed by atoms with Gasteiger partial charge in [-0.05, 0) is 26.0 Å². The Labute approximate surface area is 141 Å². The van der Waals surface area contributed by atoms with Gasteiger partial charge in [-0.1, -0.05) is 0 Å². The summed E-state index contributed by atoms with van der Waals surface area (Å²) in [4.78, 5) is 19.8. The summed E-state index contributed by atoms with van der Waals surface area (Å²) in [5.74, 6) is 0.660. The summed E-state index contributed by atoms with van der Waals surface area (Å²) in [6, 6.07) is 4.20. The zero-order valence-corrected chi connectivity index (χ0v) is 15.5. The van der Waals surface area contributed by atoms with Crippen molar-refractivity contribution in [1.29, 1.82) is 0 Å². The maximum absolute atomic E-state index is 11.5. The van der Waals surface area contributed by atoms with E-state index in [1.807, 2.05) is 6.92 Å². The van der Waals surface area contributed by atoms with Gasteiger partial charge in [0.1, 0.15) is 6.54 Å². The minimum Gasteiger partial charge on any atom is -0.357 e. The van der Waals surface area contributed by atoms with Gasteiger partial charge in [0.05, 0.1) is 6.54 Å². The summed E-state index contributed by atoms with van der Waals surface area (Å²) in [5.41, 5.74) is 0. The number of hydrogen-bond acceptors (Lipinski definition) is 3.